The Hall–Kier alpha value is -2.23. The first-order chi connectivity index (χ1) is 8.34. The van der Waals surface area contributed by atoms with Gasteiger partial charge < -0.3 is 15.0 Å². The van der Waals surface area contributed by atoms with Crippen LogP contribution in [-0.2, 0) is 0 Å². The van der Waals surface area contributed by atoms with Crippen molar-refractivity contribution in [2.75, 3.05) is 18.5 Å². The van der Waals surface area contributed by atoms with Crippen molar-refractivity contribution < 1.29 is 4.74 Å². The van der Waals surface area contributed by atoms with Gasteiger partial charge in [-0.25, -0.2) is 0 Å². The van der Waals surface area contributed by atoms with Gasteiger partial charge in [-0.05, 0) is 29.8 Å². The molecule has 0 atom stereocenters. The molecule has 0 spiro atoms. The predicted octanol–water partition coefficient (Wildman–Crippen LogP) is 1.85. The van der Waals surface area contributed by atoms with E-state index < -0.39 is 0 Å². The molecule has 0 radical (unpaired) electrons. The zero-order chi connectivity index (χ0) is 11.7. The lowest BCUT2D eigenvalue weighted by molar-refractivity contribution is 0.323. The largest absolute Gasteiger partial charge is 0.490 e. The number of aromatic amines is 1. The number of H-pyrrole nitrogens is 1. The molecule has 2 N–H and O–H groups in total. The van der Waals surface area contributed by atoms with E-state index in [1.807, 2.05) is 30.3 Å². The number of aromatic nitrogens is 1. The van der Waals surface area contributed by atoms with Gasteiger partial charge in [0.15, 0.2) is 0 Å². The number of fused-ring (bicyclic) bond motifs is 1. The summed E-state index contributed by atoms with van der Waals surface area (Å²) in [5, 5.41) is 3.25. The molecule has 4 nitrogen and oxygen atoms in total. The average molecular weight is 228 g/mol. The maximum absolute atomic E-state index is 11.7. The number of benzene rings is 1. The lowest BCUT2D eigenvalue weighted by Gasteiger charge is -2.19. The number of anilines is 1. The Morgan fingerprint density at radius 1 is 1.24 bits per heavy atom. The molecule has 0 amide bonds. The molecule has 0 aliphatic carbocycles. The van der Waals surface area contributed by atoms with Gasteiger partial charge in [0.2, 0.25) is 0 Å². The van der Waals surface area contributed by atoms with E-state index in [1.165, 1.54) is 0 Å². The molecule has 4 heteroatoms. The number of hydrogen-bond acceptors (Lipinski definition) is 3. The van der Waals surface area contributed by atoms with E-state index in [0.717, 1.165) is 23.5 Å². The molecule has 1 aliphatic rings. The summed E-state index contributed by atoms with van der Waals surface area (Å²) in [5.74, 6) is 0.840. The van der Waals surface area contributed by atoms with Crippen molar-refractivity contribution >= 4 is 5.69 Å². The Morgan fingerprint density at radius 2 is 2.18 bits per heavy atom. The molecule has 17 heavy (non-hydrogen) atoms. The Bertz CT molecular complexity index is 604. The molecule has 1 aliphatic heterocycles. The second-order valence-electron chi connectivity index (χ2n) is 3.90. The molecule has 1 aromatic carbocycles. The van der Waals surface area contributed by atoms with E-state index in [1.54, 1.807) is 6.20 Å². The fraction of sp³-hybridized carbons (Fsp3) is 0.154. The van der Waals surface area contributed by atoms with Crippen LogP contribution in [0.15, 0.2) is 41.3 Å². The summed E-state index contributed by atoms with van der Waals surface area (Å²) in [4.78, 5) is 14.4. The summed E-state index contributed by atoms with van der Waals surface area (Å²) < 4.78 is 5.50. The second-order valence-corrected chi connectivity index (χ2v) is 3.90. The third kappa shape index (κ3) is 1.78. The van der Waals surface area contributed by atoms with Gasteiger partial charge in [-0.3, -0.25) is 4.79 Å². The van der Waals surface area contributed by atoms with Gasteiger partial charge in [0.05, 0.1) is 5.69 Å². The van der Waals surface area contributed by atoms with Crippen LogP contribution in [0.4, 0.5) is 5.69 Å². The minimum Gasteiger partial charge on any atom is -0.490 e. The van der Waals surface area contributed by atoms with Gasteiger partial charge >= 0.3 is 0 Å². The third-order valence-electron chi connectivity index (χ3n) is 2.78. The number of nitrogens with one attached hydrogen (secondary N) is 2. The van der Waals surface area contributed by atoms with Crippen molar-refractivity contribution in [1.29, 1.82) is 0 Å². The maximum atomic E-state index is 11.7. The summed E-state index contributed by atoms with van der Waals surface area (Å²) in [6.07, 6.45) is 1.63. The monoisotopic (exact) mass is 228 g/mol. The van der Waals surface area contributed by atoms with Crippen LogP contribution in [0.3, 0.4) is 0 Å². The molecule has 0 saturated heterocycles. The normalized spacial score (nSPS) is 13.4. The Balaban J connectivity index is 2.10. The smallest absolute Gasteiger partial charge is 0.255 e. The number of hydrogen-bond donors (Lipinski definition) is 2. The van der Waals surface area contributed by atoms with Gasteiger partial charge in [-0.15, -0.1) is 0 Å². The molecule has 0 fully saturated rings. The van der Waals surface area contributed by atoms with Crippen LogP contribution in [-0.4, -0.2) is 18.1 Å². The van der Waals surface area contributed by atoms with Crippen molar-refractivity contribution in [2.24, 2.45) is 0 Å². The molecule has 2 aromatic rings. The molecule has 2 heterocycles. The molecule has 86 valence electrons. The van der Waals surface area contributed by atoms with E-state index in [4.69, 9.17) is 4.74 Å². The van der Waals surface area contributed by atoms with Gasteiger partial charge in [0.25, 0.3) is 5.56 Å². The van der Waals surface area contributed by atoms with Crippen LogP contribution in [0, 0.1) is 0 Å². The highest BCUT2D eigenvalue weighted by Crippen LogP contribution is 2.31. The minimum absolute atomic E-state index is 0.0795. The van der Waals surface area contributed by atoms with Gasteiger partial charge in [-0.2, -0.15) is 0 Å². The highest BCUT2D eigenvalue weighted by atomic mass is 16.5. The Morgan fingerprint density at radius 3 is 3.06 bits per heavy atom. The summed E-state index contributed by atoms with van der Waals surface area (Å²) in [6, 6.07) is 9.36. The zero-order valence-corrected chi connectivity index (χ0v) is 9.19. The number of ether oxygens (including phenoxy) is 1. The molecule has 3 rings (SSSR count). The first kappa shape index (κ1) is 9.96. The third-order valence-corrected chi connectivity index (χ3v) is 2.78. The van der Waals surface area contributed by atoms with Crippen LogP contribution < -0.4 is 15.6 Å². The topological polar surface area (TPSA) is 54.1 Å². The van der Waals surface area contributed by atoms with Crippen LogP contribution in [0.2, 0.25) is 0 Å². The lowest BCUT2D eigenvalue weighted by atomic mass is 10.1. The molecule has 0 bridgehead atoms. The van der Waals surface area contributed by atoms with Gasteiger partial charge in [0.1, 0.15) is 12.4 Å². The summed E-state index contributed by atoms with van der Waals surface area (Å²) in [6.45, 7) is 1.47. The highest BCUT2D eigenvalue weighted by Gasteiger charge is 2.11. The summed E-state index contributed by atoms with van der Waals surface area (Å²) >= 11 is 0. The van der Waals surface area contributed by atoms with Crippen molar-refractivity contribution in [2.45, 2.75) is 0 Å². The van der Waals surface area contributed by atoms with Crippen molar-refractivity contribution in [1.82, 2.24) is 4.98 Å². The van der Waals surface area contributed by atoms with Crippen molar-refractivity contribution in [3.05, 3.63) is 46.9 Å². The fourth-order valence-corrected chi connectivity index (χ4v) is 1.96. The summed E-state index contributed by atoms with van der Waals surface area (Å²) in [5.41, 5.74) is 2.42. The molecular formula is C13H12N2O2. The number of pyridine rings is 1. The first-order valence-electron chi connectivity index (χ1n) is 5.53. The van der Waals surface area contributed by atoms with E-state index >= 15 is 0 Å². The zero-order valence-electron chi connectivity index (χ0n) is 9.19. The van der Waals surface area contributed by atoms with E-state index in [0.29, 0.717) is 12.2 Å². The molecule has 0 saturated carbocycles. The van der Waals surface area contributed by atoms with E-state index in [-0.39, 0.29) is 5.56 Å². The van der Waals surface area contributed by atoms with Gasteiger partial charge in [-0.1, -0.05) is 6.07 Å². The van der Waals surface area contributed by atoms with Gasteiger partial charge in [0, 0.05) is 18.3 Å². The quantitative estimate of drug-likeness (QED) is 0.783. The molecule has 1 aromatic heterocycles. The highest BCUT2D eigenvalue weighted by molar-refractivity contribution is 5.71. The Labute approximate surface area is 98.3 Å². The maximum Gasteiger partial charge on any atom is 0.255 e. The second kappa shape index (κ2) is 3.97. The van der Waals surface area contributed by atoms with Crippen LogP contribution in [0.5, 0.6) is 5.75 Å². The summed E-state index contributed by atoms with van der Waals surface area (Å²) in [7, 11) is 0. The molecular weight excluding hydrogens is 216 g/mol. The van der Waals surface area contributed by atoms with Crippen LogP contribution in [0.1, 0.15) is 0 Å². The SMILES string of the molecule is O=c1[nH]cccc1-c1ccc2c(c1)NCCO2. The van der Waals surface area contributed by atoms with E-state index in [2.05, 4.69) is 10.3 Å². The van der Waals surface area contributed by atoms with Crippen LogP contribution >= 0.6 is 0 Å². The minimum atomic E-state index is -0.0795. The van der Waals surface area contributed by atoms with Crippen LogP contribution in [0.25, 0.3) is 11.1 Å². The Kier molecular flexibility index (Phi) is 2.33. The average Bonchev–Trinajstić information content (AvgIpc) is 2.39. The lowest BCUT2D eigenvalue weighted by Crippen LogP contribution is -2.18. The van der Waals surface area contributed by atoms with E-state index in [9.17, 15) is 4.79 Å². The van der Waals surface area contributed by atoms with Crippen molar-refractivity contribution in [3.63, 3.8) is 0 Å². The first-order valence-corrected chi connectivity index (χ1v) is 5.53. The molecule has 0 unspecified atom stereocenters. The predicted molar refractivity (Wildman–Crippen MR) is 66.5 cm³/mol. The van der Waals surface area contributed by atoms with Crippen molar-refractivity contribution in [3.8, 4) is 16.9 Å². The standard InChI is InChI=1S/C13H12N2O2/c16-13-10(2-1-5-15-13)9-3-4-12-11(8-9)14-6-7-17-12/h1-5,8,14H,6-7H2,(H,15,16). The fourth-order valence-electron chi connectivity index (χ4n) is 1.96. The number of rotatable bonds is 1.